The van der Waals surface area contributed by atoms with E-state index in [-0.39, 0.29) is 0 Å². The maximum atomic E-state index is 5.56. The first kappa shape index (κ1) is 12.0. The number of aliphatic imine (C=N–C) groups is 1. The minimum absolute atomic E-state index is 0.414. The lowest BCUT2D eigenvalue weighted by molar-refractivity contribution is 0.583. The lowest BCUT2D eigenvalue weighted by atomic mass is 10.1. The lowest BCUT2D eigenvalue weighted by Gasteiger charge is -2.12. The first-order valence-corrected chi connectivity index (χ1v) is 6.35. The van der Waals surface area contributed by atoms with E-state index < -0.39 is 0 Å². The molecule has 1 aromatic rings. The van der Waals surface area contributed by atoms with Crippen LogP contribution in [0.25, 0.3) is 0 Å². The smallest absolute Gasteiger partial charge is 0.142 e. The molecule has 1 fully saturated rings. The highest BCUT2D eigenvalue weighted by Gasteiger charge is 2.12. The van der Waals surface area contributed by atoms with E-state index in [1.165, 1.54) is 38.5 Å². The monoisotopic (exact) mass is 232 g/mol. The summed E-state index contributed by atoms with van der Waals surface area (Å²) in [7, 11) is 0. The topological polar surface area (TPSA) is 63.3 Å². The third kappa shape index (κ3) is 3.53. The second-order valence-electron chi connectivity index (χ2n) is 4.50. The van der Waals surface area contributed by atoms with E-state index in [9.17, 15) is 0 Å². The Morgan fingerprint density at radius 3 is 2.41 bits per heavy atom. The van der Waals surface area contributed by atoms with Gasteiger partial charge < -0.3 is 5.43 Å². The number of hydrogen-bond acceptors (Lipinski definition) is 3. The molecule has 0 saturated heterocycles. The van der Waals surface area contributed by atoms with Crippen molar-refractivity contribution in [2.24, 2.45) is 10.8 Å². The van der Waals surface area contributed by atoms with Crippen molar-refractivity contribution in [3.63, 3.8) is 0 Å². The summed E-state index contributed by atoms with van der Waals surface area (Å²) >= 11 is 0. The first-order valence-electron chi connectivity index (χ1n) is 6.35. The Morgan fingerprint density at radius 2 is 1.82 bits per heavy atom. The van der Waals surface area contributed by atoms with Crippen LogP contribution in [0.2, 0.25) is 0 Å². The third-order valence-corrected chi connectivity index (χ3v) is 3.23. The standard InChI is InChI=1S/C13H20N4/c14-17-13(11-7-9-15-10-8-11)16-12-5-3-1-2-4-6-12/h7-10,12H,1-6,14H2,(H,16,17). The molecule has 92 valence electrons. The number of rotatable bonds is 2. The van der Waals surface area contributed by atoms with Crippen LogP contribution in [-0.2, 0) is 0 Å². The predicted octanol–water partition coefficient (Wildman–Crippen LogP) is 2.01. The summed E-state index contributed by atoms with van der Waals surface area (Å²) in [4.78, 5) is 8.74. The molecule has 1 saturated carbocycles. The second-order valence-corrected chi connectivity index (χ2v) is 4.50. The maximum absolute atomic E-state index is 5.56. The molecule has 1 heterocycles. The Kier molecular flexibility index (Phi) is 4.50. The molecule has 4 nitrogen and oxygen atoms in total. The second kappa shape index (κ2) is 6.35. The number of hydrazine groups is 1. The van der Waals surface area contributed by atoms with Gasteiger partial charge >= 0.3 is 0 Å². The third-order valence-electron chi connectivity index (χ3n) is 3.23. The fourth-order valence-electron chi connectivity index (χ4n) is 2.27. The van der Waals surface area contributed by atoms with Gasteiger partial charge in [0, 0.05) is 18.0 Å². The molecule has 3 N–H and O–H groups in total. The van der Waals surface area contributed by atoms with Gasteiger partial charge in [-0.15, -0.1) is 0 Å². The molecule has 1 aliphatic carbocycles. The highest BCUT2D eigenvalue weighted by Crippen LogP contribution is 2.20. The van der Waals surface area contributed by atoms with Crippen LogP contribution in [0, 0.1) is 0 Å². The van der Waals surface area contributed by atoms with Crippen LogP contribution < -0.4 is 11.3 Å². The Labute approximate surface area is 102 Å². The molecule has 0 aromatic carbocycles. The molecule has 1 aliphatic rings. The molecule has 0 aliphatic heterocycles. The van der Waals surface area contributed by atoms with Gasteiger partial charge in [-0.3, -0.25) is 9.98 Å². The number of nitrogens with zero attached hydrogens (tertiary/aromatic N) is 2. The van der Waals surface area contributed by atoms with Crippen molar-refractivity contribution in [2.75, 3.05) is 0 Å². The van der Waals surface area contributed by atoms with Crippen molar-refractivity contribution in [3.05, 3.63) is 30.1 Å². The van der Waals surface area contributed by atoms with Gasteiger partial charge in [-0.2, -0.15) is 0 Å². The van der Waals surface area contributed by atoms with E-state index in [1.807, 2.05) is 12.1 Å². The van der Waals surface area contributed by atoms with E-state index in [4.69, 9.17) is 10.8 Å². The van der Waals surface area contributed by atoms with Gasteiger partial charge in [0.05, 0.1) is 6.04 Å². The van der Waals surface area contributed by atoms with Crippen molar-refractivity contribution < 1.29 is 0 Å². The van der Waals surface area contributed by atoms with Crippen LogP contribution in [0.5, 0.6) is 0 Å². The molecule has 0 spiro atoms. The summed E-state index contributed by atoms with van der Waals surface area (Å²) in [6, 6.07) is 4.27. The summed E-state index contributed by atoms with van der Waals surface area (Å²) in [6.45, 7) is 0. The molecule has 0 amide bonds. The zero-order valence-corrected chi connectivity index (χ0v) is 10.1. The fourth-order valence-corrected chi connectivity index (χ4v) is 2.27. The molecular formula is C13H20N4. The summed E-state index contributed by atoms with van der Waals surface area (Å²) in [5.41, 5.74) is 3.71. The number of nitrogens with two attached hydrogens (primary N) is 1. The van der Waals surface area contributed by atoms with E-state index in [2.05, 4.69) is 10.4 Å². The molecule has 2 rings (SSSR count). The van der Waals surface area contributed by atoms with Crippen LogP contribution in [0.1, 0.15) is 44.1 Å². The largest absolute Gasteiger partial charge is 0.308 e. The molecule has 0 unspecified atom stereocenters. The average molecular weight is 232 g/mol. The van der Waals surface area contributed by atoms with Crippen molar-refractivity contribution in [3.8, 4) is 0 Å². The Morgan fingerprint density at radius 1 is 1.18 bits per heavy atom. The van der Waals surface area contributed by atoms with Crippen LogP contribution in [0.4, 0.5) is 0 Å². The van der Waals surface area contributed by atoms with Crippen molar-refractivity contribution in [1.29, 1.82) is 0 Å². The van der Waals surface area contributed by atoms with Gasteiger partial charge in [0.15, 0.2) is 0 Å². The van der Waals surface area contributed by atoms with E-state index >= 15 is 0 Å². The van der Waals surface area contributed by atoms with Gasteiger partial charge in [0.2, 0.25) is 0 Å². The zero-order valence-electron chi connectivity index (χ0n) is 10.1. The lowest BCUT2D eigenvalue weighted by Crippen LogP contribution is -2.32. The van der Waals surface area contributed by atoms with E-state index in [1.54, 1.807) is 12.4 Å². The van der Waals surface area contributed by atoms with Crippen LogP contribution in [-0.4, -0.2) is 16.9 Å². The van der Waals surface area contributed by atoms with Gasteiger partial charge in [0.1, 0.15) is 5.84 Å². The quantitative estimate of drug-likeness (QED) is 0.269. The normalized spacial score (nSPS) is 18.8. The molecule has 0 radical (unpaired) electrons. The Hall–Kier alpha value is -1.42. The minimum atomic E-state index is 0.414. The summed E-state index contributed by atoms with van der Waals surface area (Å²) < 4.78 is 0. The zero-order chi connectivity index (χ0) is 11.9. The van der Waals surface area contributed by atoms with Crippen molar-refractivity contribution in [2.45, 2.75) is 44.6 Å². The Bertz CT molecular complexity index is 353. The van der Waals surface area contributed by atoms with Crippen molar-refractivity contribution >= 4 is 5.84 Å². The summed E-state index contributed by atoms with van der Waals surface area (Å²) in [6.07, 6.45) is 11.1. The van der Waals surface area contributed by atoms with Crippen LogP contribution in [0.3, 0.4) is 0 Å². The van der Waals surface area contributed by atoms with Crippen LogP contribution in [0.15, 0.2) is 29.5 Å². The van der Waals surface area contributed by atoms with Gasteiger partial charge in [-0.25, -0.2) is 5.84 Å². The van der Waals surface area contributed by atoms with Crippen molar-refractivity contribution in [1.82, 2.24) is 10.4 Å². The number of nitrogens with one attached hydrogen (secondary N) is 1. The number of hydrogen-bond donors (Lipinski definition) is 2. The number of aromatic nitrogens is 1. The van der Waals surface area contributed by atoms with Gasteiger partial charge in [0.25, 0.3) is 0 Å². The number of pyridine rings is 1. The maximum Gasteiger partial charge on any atom is 0.142 e. The predicted molar refractivity (Wildman–Crippen MR) is 69.6 cm³/mol. The summed E-state index contributed by atoms with van der Waals surface area (Å²) in [5, 5.41) is 0. The molecule has 17 heavy (non-hydrogen) atoms. The molecule has 4 heteroatoms. The highest BCUT2D eigenvalue weighted by molar-refractivity contribution is 5.98. The van der Waals surface area contributed by atoms with Gasteiger partial charge in [-0.1, -0.05) is 25.7 Å². The SMILES string of the molecule is NNC(=NC1CCCCCC1)c1ccncc1. The molecule has 0 atom stereocenters. The van der Waals surface area contributed by atoms with E-state index in [0.717, 1.165) is 11.4 Å². The number of amidine groups is 1. The average Bonchev–Trinajstić information content (AvgIpc) is 2.65. The molecule has 0 bridgehead atoms. The van der Waals surface area contributed by atoms with Crippen LogP contribution >= 0.6 is 0 Å². The summed E-state index contributed by atoms with van der Waals surface area (Å²) in [5.74, 6) is 6.34. The molecule has 1 aromatic heterocycles. The Balaban J connectivity index is 2.11. The fraction of sp³-hybridized carbons (Fsp3) is 0.538. The first-order chi connectivity index (χ1) is 8.40. The highest BCUT2D eigenvalue weighted by atomic mass is 15.3. The minimum Gasteiger partial charge on any atom is -0.308 e. The van der Waals surface area contributed by atoms with E-state index in [0.29, 0.717) is 6.04 Å². The van der Waals surface area contributed by atoms with Gasteiger partial charge in [-0.05, 0) is 25.0 Å². The molecular weight excluding hydrogens is 212 g/mol.